The number of carbonyl (C=O) groups is 1. The van der Waals surface area contributed by atoms with E-state index in [1.807, 2.05) is 36.4 Å². The van der Waals surface area contributed by atoms with Gasteiger partial charge < -0.3 is 14.8 Å². The number of piperazine rings is 1. The molecule has 3 heterocycles. The number of halogens is 1. The largest absolute Gasteiger partial charge is 0.368 e. The van der Waals surface area contributed by atoms with Crippen LogP contribution in [-0.2, 0) is 0 Å². The highest BCUT2D eigenvalue weighted by Crippen LogP contribution is 2.22. The normalized spacial score (nSPS) is 14.7. The van der Waals surface area contributed by atoms with Crippen LogP contribution < -0.4 is 10.5 Å². The molecule has 29 heavy (non-hydrogen) atoms. The van der Waals surface area contributed by atoms with Crippen molar-refractivity contribution >= 4 is 39.7 Å². The Kier molecular flexibility index (Phi) is 4.24. The van der Waals surface area contributed by atoms with Crippen LogP contribution in [0.5, 0.6) is 0 Å². The first kappa shape index (κ1) is 17.8. The number of hydrogen-bond acceptors (Lipinski definition) is 4. The molecule has 1 fully saturated rings. The second-order valence-electron chi connectivity index (χ2n) is 7.05. The minimum atomic E-state index is -0.228. The van der Waals surface area contributed by atoms with Gasteiger partial charge in [0.2, 0.25) is 0 Å². The second kappa shape index (κ2) is 6.93. The van der Waals surface area contributed by atoms with E-state index in [-0.39, 0.29) is 11.5 Å². The molecule has 4 aromatic rings. The molecule has 8 heteroatoms. The number of aromatic nitrogens is 3. The summed E-state index contributed by atoms with van der Waals surface area (Å²) in [6, 6.07) is 14.9. The zero-order valence-corrected chi connectivity index (χ0v) is 16.3. The Morgan fingerprint density at radius 1 is 1.03 bits per heavy atom. The Hall–Kier alpha value is -3.32. The van der Waals surface area contributed by atoms with Crippen molar-refractivity contribution < 1.29 is 4.79 Å². The fourth-order valence-corrected chi connectivity index (χ4v) is 4.03. The number of H-pyrrole nitrogens is 1. The molecule has 0 unspecified atom stereocenters. The molecule has 0 bridgehead atoms. The van der Waals surface area contributed by atoms with Crippen molar-refractivity contribution in [1.29, 1.82) is 0 Å². The Labute approximate surface area is 171 Å². The maximum Gasteiger partial charge on any atom is 0.259 e. The van der Waals surface area contributed by atoms with Gasteiger partial charge in [0.05, 0.1) is 17.1 Å². The standard InChI is InChI=1S/C21H18ClN5O2/c22-14-4-3-5-15(12-14)25-8-10-26(11-9-25)21(29)17-13-23-27-18-7-2-1-6-16(18)20(28)24-19(17)27/h1-7,12-13H,8-11H2,(H,24,28). The molecule has 7 nitrogen and oxygen atoms in total. The van der Waals surface area contributed by atoms with Crippen LogP contribution in [0.15, 0.2) is 59.5 Å². The number of para-hydroxylation sites is 1. The number of fused-ring (bicyclic) bond motifs is 3. The predicted octanol–water partition coefficient (Wildman–Crippen LogP) is 2.79. The van der Waals surface area contributed by atoms with Gasteiger partial charge in [-0.15, -0.1) is 0 Å². The summed E-state index contributed by atoms with van der Waals surface area (Å²) in [5.74, 6) is -0.128. The predicted molar refractivity (Wildman–Crippen MR) is 113 cm³/mol. The molecule has 1 amide bonds. The lowest BCUT2D eigenvalue weighted by molar-refractivity contribution is 0.0748. The lowest BCUT2D eigenvalue weighted by Crippen LogP contribution is -2.48. The summed E-state index contributed by atoms with van der Waals surface area (Å²) in [5.41, 5.74) is 2.33. The first-order chi connectivity index (χ1) is 14.1. The number of hydrogen-bond donors (Lipinski definition) is 1. The van der Waals surface area contributed by atoms with E-state index in [2.05, 4.69) is 15.0 Å². The Balaban J connectivity index is 1.42. The van der Waals surface area contributed by atoms with Crippen molar-refractivity contribution in [2.45, 2.75) is 0 Å². The summed E-state index contributed by atoms with van der Waals surface area (Å²) < 4.78 is 1.62. The Morgan fingerprint density at radius 3 is 2.62 bits per heavy atom. The first-order valence-electron chi connectivity index (χ1n) is 9.40. The van der Waals surface area contributed by atoms with Gasteiger partial charge in [-0.25, -0.2) is 4.52 Å². The van der Waals surface area contributed by atoms with Crippen LogP contribution >= 0.6 is 11.6 Å². The van der Waals surface area contributed by atoms with Crippen LogP contribution in [0.3, 0.4) is 0 Å². The topological polar surface area (TPSA) is 73.7 Å². The number of aromatic amines is 1. The Morgan fingerprint density at radius 2 is 1.83 bits per heavy atom. The highest BCUT2D eigenvalue weighted by atomic mass is 35.5. The van der Waals surface area contributed by atoms with Gasteiger partial charge in [-0.1, -0.05) is 29.8 Å². The van der Waals surface area contributed by atoms with E-state index in [0.717, 1.165) is 5.69 Å². The van der Waals surface area contributed by atoms with Crippen molar-refractivity contribution in [2.24, 2.45) is 0 Å². The molecule has 0 saturated carbocycles. The van der Waals surface area contributed by atoms with Crippen LogP contribution in [0.25, 0.3) is 16.6 Å². The molecule has 0 spiro atoms. The summed E-state index contributed by atoms with van der Waals surface area (Å²) in [7, 11) is 0. The third kappa shape index (κ3) is 3.03. The molecule has 0 atom stereocenters. The van der Waals surface area contributed by atoms with E-state index in [0.29, 0.717) is 53.3 Å². The number of amides is 1. The third-order valence-corrected chi connectivity index (χ3v) is 5.58. The van der Waals surface area contributed by atoms with Crippen LogP contribution in [0, 0.1) is 0 Å². The number of benzene rings is 2. The van der Waals surface area contributed by atoms with Gasteiger partial charge in [-0.2, -0.15) is 5.10 Å². The van der Waals surface area contributed by atoms with Crippen molar-refractivity contribution in [1.82, 2.24) is 19.5 Å². The lowest BCUT2D eigenvalue weighted by atomic mass is 10.2. The van der Waals surface area contributed by atoms with Crippen molar-refractivity contribution in [2.75, 3.05) is 31.1 Å². The molecular weight excluding hydrogens is 390 g/mol. The molecule has 5 rings (SSSR count). The monoisotopic (exact) mass is 407 g/mol. The van der Waals surface area contributed by atoms with Crippen molar-refractivity contribution in [3.05, 3.63) is 75.7 Å². The zero-order chi connectivity index (χ0) is 20.0. The molecule has 2 aromatic carbocycles. The molecule has 0 radical (unpaired) electrons. The van der Waals surface area contributed by atoms with Gasteiger partial charge in [0.25, 0.3) is 11.5 Å². The Bertz CT molecular complexity index is 1290. The van der Waals surface area contributed by atoms with Gasteiger partial charge >= 0.3 is 0 Å². The maximum absolute atomic E-state index is 13.1. The highest BCUT2D eigenvalue weighted by molar-refractivity contribution is 6.30. The molecule has 146 valence electrons. The minimum Gasteiger partial charge on any atom is -0.368 e. The van der Waals surface area contributed by atoms with Crippen molar-refractivity contribution in [3.8, 4) is 0 Å². The van der Waals surface area contributed by atoms with Crippen LogP contribution in [0.1, 0.15) is 10.4 Å². The SMILES string of the molecule is O=C(c1cnn2c1[nH]c(=O)c1ccccc12)N1CCN(c2cccc(Cl)c2)CC1. The van der Waals surface area contributed by atoms with Gasteiger partial charge in [0.1, 0.15) is 11.2 Å². The summed E-state index contributed by atoms with van der Waals surface area (Å²) >= 11 is 6.09. The zero-order valence-electron chi connectivity index (χ0n) is 15.5. The smallest absolute Gasteiger partial charge is 0.259 e. The van der Waals surface area contributed by atoms with E-state index >= 15 is 0 Å². The average molecular weight is 408 g/mol. The molecule has 1 N–H and O–H groups in total. The van der Waals surface area contributed by atoms with E-state index in [4.69, 9.17) is 11.6 Å². The van der Waals surface area contributed by atoms with Gasteiger partial charge in [0.15, 0.2) is 0 Å². The minimum absolute atomic E-state index is 0.128. The third-order valence-electron chi connectivity index (χ3n) is 5.35. The highest BCUT2D eigenvalue weighted by Gasteiger charge is 2.25. The van der Waals surface area contributed by atoms with E-state index < -0.39 is 0 Å². The molecular formula is C21H18ClN5O2. The number of nitrogens with zero attached hydrogens (tertiary/aromatic N) is 4. The number of rotatable bonds is 2. The molecule has 1 aliphatic rings. The fraction of sp³-hybridized carbons (Fsp3) is 0.190. The lowest BCUT2D eigenvalue weighted by Gasteiger charge is -2.36. The van der Waals surface area contributed by atoms with Gasteiger partial charge in [0, 0.05) is 36.9 Å². The average Bonchev–Trinajstić information content (AvgIpc) is 3.17. The van der Waals surface area contributed by atoms with Crippen LogP contribution in [0.4, 0.5) is 5.69 Å². The van der Waals surface area contributed by atoms with E-state index in [1.165, 1.54) is 6.20 Å². The van der Waals surface area contributed by atoms with Gasteiger partial charge in [-0.3, -0.25) is 9.59 Å². The molecule has 1 saturated heterocycles. The van der Waals surface area contributed by atoms with Crippen LogP contribution in [-0.4, -0.2) is 51.6 Å². The number of carbonyl (C=O) groups excluding carboxylic acids is 1. The number of nitrogens with one attached hydrogen (secondary N) is 1. The second-order valence-corrected chi connectivity index (χ2v) is 7.49. The number of anilines is 1. The maximum atomic E-state index is 13.1. The summed E-state index contributed by atoms with van der Waals surface area (Å²) in [4.78, 5) is 32.4. The van der Waals surface area contributed by atoms with Crippen molar-refractivity contribution in [3.63, 3.8) is 0 Å². The van der Waals surface area contributed by atoms with Gasteiger partial charge in [-0.05, 0) is 30.3 Å². The van der Waals surface area contributed by atoms with E-state index in [1.54, 1.807) is 21.5 Å². The molecule has 2 aromatic heterocycles. The molecule has 0 aliphatic carbocycles. The summed E-state index contributed by atoms with van der Waals surface area (Å²) in [6.45, 7) is 2.59. The summed E-state index contributed by atoms with van der Waals surface area (Å²) in [5, 5.41) is 5.59. The van der Waals surface area contributed by atoms with Crippen LogP contribution in [0.2, 0.25) is 5.02 Å². The first-order valence-corrected chi connectivity index (χ1v) is 9.78. The fourth-order valence-electron chi connectivity index (χ4n) is 3.84. The van der Waals surface area contributed by atoms with E-state index in [9.17, 15) is 9.59 Å². The quantitative estimate of drug-likeness (QED) is 0.554. The summed E-state index contributed by atoms with van der Waals surface area (Å²) in [6.07, 6.45) is 1.53. The molecule has 1 aliphatic heterocycles.